The first-order valence-electron chi connectivity index (χ1n) is 11.3. The summed E-state index contributed by atoms with van der Waals surface area (Å²) in [4.78, 5) is 30.1. The molecule has 0 atom stereocenters. The van der Waals surface area contributed by atoms with E-state index in [2.05, 4.69) is 5.32 Å². The van der Waals surface area contributed by atoms with Crippen LogP contribution < -0.4 is 24.3 Å². The molecule has 2 aromatic rings. The Kier molecular flexibility index (Phi) is 8.98. The third-order valence-corrected chi connectivity index (χ3v) is 5.58. The van der Waals surface area contributed by atoms with E-state index in [1.54, 1.807) is 17.0 Å². The van der Waals surface area contributed by atoms with Crippen LogP contribution >= 0.6 is 0 Å². The number of rotatable bonds is 10. The summed E-state index contributed by atoms with van der Waals surface area (Å²) in [7, 11) is 4.50. The molecule has 1 heterocycles. The van der Waals surface area contributed by atoms with Crippen LogP contribution in [0.1, 0.15) is 22.8 Å². The van der Waals surface area contributed by atoms with Gasteiger partial charge in [-0.2, -0.15) is 0 Å². The largest absolute Gasteiger partial charge is 0.494 e. The number of methoxy groups -OCH3 is 3. The number of ether oxygens (including phenoxy) is 4. The second-order valence-corrected chi connectivity index (χ2v) is 7.79. The third-order valence-electron chi connectivity index (χ3n) is 5.58. The minimum absolute atomic E-state index is 0.0473. The number of piperazine rings is 1. The van der Waals surface area contributed by atoms with Crippen molar-refractivity contribution in [1.82, 2.24) is 15.1 Å². The standard InChI is InChI=1S/C25H33N3O6/c1-5-34-20-8-6-7-18(13-20)16-28(17-23(29)27-11-9-26-10-12-27)25(30)19-14-21(31-2)24(33-4)22(15-19)32-3/h6-8,13-15,26H,5,9-12,16-17H2,1-4H3. The molecule has 0 unspecified atom stereocenters. The van der Waals surface area contributed by atoms with Gasteiger partial charge >= 0.3 is 0 Å². The summed E-state index contributed by atoms with van der Waals surface area (Å²) in [5.74, 6) is 1.45. The molecule has 1 N–H and O–H groups in total. The maximum Gasteiger partial charge on any atom is 0.254 e. The molecule has 1 saturated heterocycles. The maximum atomic E-state index is 13.7. The van der Waals surface area contributed by atoms with E-state index in [-0.39, 0.29) is 24.9 Å². The quantitative estimate of drug-likeness (QED) is 0.568. The van der Waals surface area contributed by atoms with E-state index >= 15 is 0 Å². The highest BCUT2D eigenvalue weighted by molar-refractivity contribution is 5.97. The van der Waals surface area contributed by atoms with Crippen LogP contribution in [0.4, 0.5) is 0 Å². The van der Waals surface area contributed by atoms with Gasteiger partial charge in [-0.25, -0.2) is 0 Å². The minimum Gasteiger partial charge on any atom is -0.494 e. The van der Waals surface area contributed by atoms with Gasteiger partial charge in [0.05, 0.1) is 27.9 Å². The van der Waals surface area contributed by atoms with Gasteiger partial charge in [-0.05, 0) is 36.8 Å². The zero-order valence-electron chi connectivity index (χ0n) is 20.3. The maximum absolute atomic E-state index is 13.7. The molecule has 0 bridgehead atoms. The molecule has 1 aliphatic heterocycles. The number of carbonyl (C=O) groups excluding carboxylic acids is 2. The van der Waals surface area contributed by atoms with E-state index in [0.29, 0.717) is 48.3 Å². The van der Waals surface area contributed by atoms with Crippen LogP contribution in [0.15, 0.2) is 36.4 Å². The lowest BCUT2D eigenvalue weighted by atomic mass is 10.1. The summed E-state index contributed by atoms with van der Waals surface area (Å²) in [6, 6.07) is 10.7. The third kappa shape index (κ3) is 6.11. The number of nitrogens with one attached hydrogen (secondary N) is 1. The second kappa shape index (κ2) is 12.1. The molecule has 0 radical (unpaired) electrons. The fraction of sp³-hybridized carbons (Fsp3) is 0.440. The van der Waals surface area contributed by atoms with Crippen LogP contribution in [0.5, 0.6) is 23.0 Å². The van der Waals surface area contributed by atoms with Crippen molar-refractivity contribution in [3.63, 3.8) is 0 Å². The number of nitrogens with zero attached hydrogens (tertiary/aromatic N) is 2. The van der Waals surface area contributed by atoms with Crippen LogP contribution in [0.3, 0.4) is 0 Å². The van der Waals surface area contributed by atoms with Crippen LogP contribution in [0, 0.1) is 0 Å². The van der Waals surface area contributed by atoms with Crippen LogP contribution in [-0.4, -0.2) is 82.3 Å². The average Bonchev–Trinajstić information content (AvgIpc) is 2.87. The number of benzene rings is 2. The van der Waals surface area contributed by atoms with Crippen LogP contribution in [0.2, 0.25) is 0 Å². The topological polar surface area (TPSA) is 89.6 Å². The predicted octanol–water partition coefficient (Wildman–Crippen LogP) is 2.19. The minimum atomic E-state index is -0.315. The number of carbonyl (C=O) groups is 2. The molecule has 1 aliphatic rings. The first-order valence-corrected chi connectivity index (χ1v) is 11.3. The number of hydrogen-bond donors (Lipinski definition) is 1. The van der Waals surface area contributed by atoms with Gasteiger partial charge in [0.1, 0.15) is 12.3 Å². The predicted molar refractivity (Wildman–Crippen MR) is 128 cm³/mol. The van der Waals surface area contributed by atoms with Crippen molar-refractivity contribution in [2.75, 3.05) is 60.7 Å². The fourth-order valence-corrected chi connectivity index (χ4v) is 3.88. The molecule has 34 heavy (non-hydrogen) atoms. The van der Waals surface area contributed by atoms with Gasteiger partial charge in [0, 0.05) is 38.3 Å². The van der Waals surface area contributed by atoms with Gasteiger partial charge in [0.2, 0.25) is 11.7 Å². The van der Waals surface area contributed by atoms with Crippen molar-refractivity contribution >= 4 is 11.8 Å². The molecule has 0 saturated carbocycles. The van der Waals surface area contributed by atoms with Gasteiger partial charge in [0.15, 0.2) is 11.5 Å². The zero-order chi connectivity index (χ0) is 24.5. The molecule has 2 amide bonds. The Labute approximate surface area is 200 Å². The van der Waals surface area contributed by atoms with E-state index in [9.17, 15) is 9.59 Å². The van der Waals surface area contributed by atoms with E-state index in [0.717, 1.165) is 18.7 Å². The monoisotopic (exact) mass is 471 g/mol. The van der Waals surface area contributed by atoms with Gasteiger partial charge in [-0.1, -0.05) is 12.1 Å². The smallest absolute Gasteiger partial charge is 0.254 e. The Morgan fingerprint density at radius 3 is 2.26 bits per heavy atom. The van der Waals surface area contributed by atoms with Crippen LogP contribution in [0.25, 0.3) is 0 Å². The SMILES string of the molecule is CCOc1cccc(CN(CC(=O)N2CCNCC2)C(=O)c2cc(OC)c(OC)c(OC)c2)c1. The summed E-state index contributed by atoms with van der Waals surface area (Å²) < 4.78 is 21.8. The molecular weight excluding hydrogens is 438 g/mol. The highest BCUT2D eigenvalue weighted by atomic mass is 16.5. The summed E-state index contributed by atoms with van der Waals surface area (Å²) in [5, 5.41) is 3.24. The van der Waals surface area contributed by atoms with Crippen molar-refractivity contribution in [2.45, 2.75) is 13.5 Å². The summed E-state index contributed by atoms with van der Waals surface area (Å²) >= 11 is 0. The molecule has 3 rings (SSSR count). The molecule has 0 aliphatic carbocycles. The summed E-state index contributed by atoms with van der Waals surface area (Å²) in [6.07, 6.45) is 0. The Balaban J connectivity index is 1.92. The Morgan fingerprint density at radius 2 is 1.68 bits per heavy atom. The first-order chi connectivity index (χ1) is 16.5. The molecule has 0 spiro atoms. The normalized spacial score (nSPS) is 13.2. The van der Waals surface area contributed by atoms with Gasteiger partial charge in [-0.3, -0.25) is 9.59 Å². The van der Waals surface area contributed by atoms with E-state index in [1.165, 1.54) is 26.2 Å². The summed E-state index contributed by atoms with van der Waals surface area (Å²) in [5.41, 5.74) is 1.20. The average molecular weight is 472 g/mol. The van der Waals surface area contributed by atoms with Crippen molar-refractivity contribution in [1.29, 1.82) is 0 Å². The number of amides is 2. The molecule has 9 heteroatoms. The fourth-order valence-electron chi connectivity index (χ4n) is 3.88. The highest BCUT2D eigenvalue weighted by Crippen LogP contribution is 2.38. The van der Waals surface area contributed by atoms with E-state index in [4.69, 9.17) is 18.9 Å². The van der Waals surface area contributed by atoms with Crippen molar-refractivity contribution in [3.05, 3.63) is 47.5 Å². The van der Waals surface area contributed by atoms with Crippen LogP contribution in [-0.2, 0) is 11.3 Å². The molecular formula is C25H33N3O6. The zero-order valence-corrected chi connectivity index (χ0v) is 20.3. The molecule has 9 nitrogen and oxygen atoms in total. The Morgan fingerprint density at radius 1 is 1.00 bits per heavy atom. The lowest BCUT2D eigenvalue weighted by Crippen LogP contribution is -2.50. The lowest BCUT2D eigenvalue weighted by Gasteiger charge is -2.30. The number of hydrogen-bond acceptors (Lipinski definition) is 7. The summed E-state index contributed by atoms with van der Waals surface area (Å²) in [6.45, 7) is 5.36. The molecule has 184 valence electrons. The van der Waals surface area contributed by atoms with E-state index < -0.39 is 0 Å². The molecule has 2 aromatic carbocycles. The Hall–Kier alpha value is -3.46. The highest BCUT2D eigenvalue weighted by Gasteiger charge is 2.26. The van der Waals surface area contributed by atoms with Crippen molar-refractivity contribution < 1.29 is 28.5 Å². The second-order valence-electron chi connectivity index (χ2n) is 7.79. The van der Waals surface area contributed by atoms with Gasteiger partial charge in [0.25, 0.3) is 5.91 Å². The molecule has 1 fully saturated rings. The first kappa shape index (κ1) is 25.2. The Bertz CT molecular complexity index is 965. The van der Waals surface area contributed by atoms with E-state index in [1.807, 2.05) is 31.2 Å². The van der Waals surface area contributed by atoms with Crippen molar-refractivity contribution in [3.8, 4) is 23.0 Å². The van der Waals surface area contributed by atoms with Crippen molar-refractivity contribution in [2.24, 2.45) is 0 Å². The lowest BCUT2D eigenvalue weighted by molar-refractivity contribution is -0.132. The van der Waals surface area contributed by atoms with Gasteiger partial charge < -0.3 is 34.1 Å². The van der Waals surface area contributed by atoms with Gasteiger partial charge in [-0.15, -0.1) is 0 Å². The molecule has 0 aromatic heterocycles.